The molecule has 0 aromatic heterocycles. The molecule has 1 saturated carbocycles. The van der Waals surface area contributed by atoms with Crippen molar-refractivity contribution in [2.45, 2.75) is 58.2 Å². The van der Waals surface area contributed by atoms with Gasteiger partial charge in [-0.25, -0.2) is 0 Å². The van der Waals surface area contributed by atoms with Gasteiger partial charge in [-0.05, 0) is 36.7 Å². The second kappa shape index (κ2) is 6.93. The van der Waals surface area contributed by atoms with Gasteiger partial charge < -0.3 is 5.32 Å². The Hall–Kier alpha value is -0.860. The first kappa shape index (κ1) is 15.1. The standard InChI is InChI=1S/C19H30N2/c1-3-16-11-18(20-12-17-7-5-4-6-8-17)14-21(13-16)19-9-15(2)10-19/h4-8,15-16,18-20H,3,9-14H2,1-2H3. The van der Waals surface area contributed by atoms with Crippen molar-refractivity contribution in [3.63, 3.8) is 0 Å². The van der Waals surface area contributed by atoms with Gasteiger partial charge in [0.25, 0.3) is 0 Å². The molecule has 1 aliphatic heterocycles. The zero-order valence-corrected chi connectivity index (χ0v) is 13.6. The fourth-order valence-electron chi connectivity index (χ4n) is 4.00. The highest BCUT2D eigenvalue weighted by Gasteiger charge is 2.35. The largest absolute Gasteiger partial charge is 0.309 e. The first-order valence-electron chi connectivity index (χ1n) is 8.76. The second-order valence-corrected chi connectivity index (χ2v) is 7.26. The average molecular weight is 286 g/mol. The van der Waals surface area contributed by atoms with Crippen molar-refractivity contribution < 1.29 is 0 Å². The van der Waals surface area contributed by atoms with E-state index in [1.807, 2.05) is 0 Å². The number of hydrogen-bond donors (Lipinski definition) is 1. The van der Waals surface area contributed by atoms with Crippen LogP contribution in [0.15, 0.2) is 30.3 Å². The lowest BCUT2D eigenvalue weighted by Gasteiger charge is -2.47. The highest BCUT2D eigenvalue weighted by molar-refractivity contribution is 5.14. The molecule has 2 aliphatic rings. The number of benzene rings is 1. The number of likely N-dealkylation sites (tertiary alicyclic amines) is 1. The molecule has 2 nitrogen and oxygen atoms in total. The topological polar surface area (TPSA) is 15.3 Å². The molecule has 3 rings (SSSR count). The summed E-state index contributed by atoms with van der Waals surface area (Å²) < 4.78 is 0. The van der Waals surface area contributed by atoms with E-state index in [0.29, 0.717) is 6.04 Å². The molecule has 1 saturated heterocycles. The third-order valence-corrected chi connectivity index (χ3v) is 5.45. The smallest absolute Gasteiger partial charge is 0.0208 e. The van der Waals surface area contributed by atoms with Crippen LogP contribution in [0.4, 0.5) is 0 Å². The van der Waals surface area contributed by atoms with E-state index in [2.05, 4.69) is 54.4 Å². The zero-order valence-electron chi connectivity index (χ0n) is 13.6. The second-order valence-electron chi connectivity index (χ2n) is 7.26. The van der Waals surface area contributed by atoms with Gasteiger partial charge in [0.1, 0.15) is 0 Å². The highest BCUT2D eigenvalue weighted by atomic mass is 15.2. The maximum Gasteiger partial charge on any atom is 0.0208 e. The Morgan fingerprint density at radius 2 is 1.86 bits per heavy atom. The van der Waals surface area contributed by atoms with E-state index >= 15 is 0 Å². The maximum absolute atomic E-state index is 3.80. The predicted octanol–water partition coefficient (Wildman–Crippen LogP) is 3.68. The molecular weight excluding hydrogens is 256 g/mol. The summed E-state index contributed by atoms with van der Waals surface area (Å²) in [6.45, 7) is 8.34. The first-order valence-corrected chi connectivity index (χ1v) is 8.76. The highest BCUT2D eigenvalue weighted by Crippen LogP contribution is 2.34. The Kier molecular flexibility index (Phi) is 4.97. The van der Waals surface area contributed by atoms with E-state index in [-0.39, 0.29) is 0 Å². The van der Waals surface area contributed by atoms with Crippen LogP contribution in [0.1, 0.15) is 45.1 Å². The van der Waals surface area contributed by atoms with Crippen LogP contribution >= 0.6 is 0 Å². The minimum atomic E-state index is 0.666. The third kappa shape index (κ3) is 3.87. The molecule has 1 heterocycles. The molecule has 116 valence electrons. The Bertz CT molecular complexity index is 424. The normalized spacial score (nSPS) is 33.6. The maximum atomic E-state index is 3.80. The third-order valence-electron chi connectivity index (χ3n) is 5.45. The fraction of sp³-hybridized carbons (Fsp3) is 0.684. The minimum Gasteiger partial charge on any atom is -0.309 e. The van der Waals surface area contributed by atoms with Crippen LogP contribution < -0.4 is 5.32 Å². The number of nitrogens with zero attached hydrogens (tertiary/aromatic N) is 1. The molecule has 0 amide bonds. The van der Waals surface area contributed by atoms with Gasteiger partial charge in [0.15, 0.2) is 0 Å². The van der Waals surface area contributed by atoms with Crippen LogP contribution in [0.2, 0.25) is 0 Å². The van der Waals surface area contributed by atoms with Crippen molar-refractivity contribution in [1.82, 2.24) is 10.2 Å². The van der Waals surface area contributed by atoms with Crippen LogP contribution in [0, 0.1) is 11.8 Å². The van der Waals surface area contributed by atoms with Crippen molar-refractivity contribution >= 4 is 0 Å². The quantitative estimate of drug-likeness (QED) is 0.888. The molecule has 2 fully saturated rings. The van der Waals surface area contributed by atoms with Crippen molar-refractivity contribution in [2.24, 2.45) is 11.8 Å². The summed E-state index contributed by atoms with van der Waals surface area (Å²) in [6, 6.07) is 12.3. The number of hydrogen-bond acceptors (Lipinski definition) is 2. The van der Waals surface area contributed by atoms with Crippen molar-refractivity contribution in [3.05, 3.63) is 35.9 Å². The average Bonchev–Trinajstić information content (AvgIpc) is 2.50. The van der Waals surface area contributed by atoms with Crippen LogP contribution in [0.3, 0.4) is 0 Å². The van der Waals surface area contributed by atoms with Gasteiger partial charge in [-0.1, -0.05) is 50.6 Å². The molecule has 2 atom stereocenters. The zero-order chi connectivity index (χ0) is 14.7. The summed E-state index contributed by atoms with van der Waals surface area (Å²) in [7, 11) is 0. The molecule has 2 heteroatoms. The summed E-state index contributed by atoms with van der Waals surface area (Å²) in [5, 5.41) is 3.80. The Labute approximate surface area is 129 Å². The van der Waals surface area contributed by atoms with Gasteiger partial charge in [0, 0.05) is 31.7 Å². The lowest BCUT2D eigenvalue weighted by Crippen LogP contribution is -2.55. The monoisotopic (exact) mass is 286 g/mol. The van der Waals surface area contributed by atoms with Gasteiger partial charge in [-0.15, -0.1) is 0 Å². The van der Waals surface area contributed by atoms with Crippen LogP contribution in [0.5, 0.6) is 0 Å². The summed E-state index contributed by atoms with van der Waals surface area (Å²) in [5.41, 5.74) is 1.40. The molecule has 1 N–H and O–H groups in total. The Balaban J connectivity index is 1.54. The molecular formula is C19H30N2. The minimum absolute atomic E-state index is 0.666. The van der Waals surface area contributed by atoms with Gasteiger partial charge in [0.05, 0.1) is 0 Å². The summed E-state index contributed by atoms with van der Waals surface area (Å²) in [6.07, 6.45) is 5.51. The number of nitrogens with one attached hydrogen (secondary N) is 1. The van der Waals surface area contributed by atoms with E-state index in [1.54, 1.807) is 0 Å². The van der Waals surface area contributed by atoms with E-state index < -0.39 is 0 Å². The molecule has 1 aromatic carbocycles. The summed E-state index contributed by atoms with van der Waals surface area (Å²) in [5.74, 6) is 1.83. The Morgan fingerprint density at radius 3 is 2.52 bits per heavy atom. The van der Waals surface area contributed by atoms with Crippen LogP contribution in [0.25, 0.3) is 0 Å². The van der Waals surface area contributed by atoms with E-state index in [0.717, 1.165) is 24.4 Å². The SMILES string of the molecule is CCC1CC(NCc2ccccc2)CN(C2CC(C)C2)C1. The van der Waals surface area contributed by atoms with Crippen molar-refractivity contribution in [1.29, 1.82) is 0 Å². The molecule has 2 unspecified atom stereocenters. The summed E-state index contributed by atoms with van der Waals surface area (Å²) in [4.78, 5) is 2.78. The number of rotatable bonds is 5. The van der Waals surface area contributed by atoms with E-state index in [1.165, 1.54) is 44.3 Å². The van der Waals surface area contributed by atoms with Crippen LogP contribution in [-0.2, 0) is 6.54 Å². The molecule has 0 radical (unpaired) electrons. The fourth-order valence-corrected chi connectivity index (χ4v) is 4.00. The Morgan fingerprint density at radius 1 is 1.10 bits per heavy atom. The lowest BCUT2D eigenvalue weighted by atomic mass is 9.79. The predicted molar refractivity (Wildman–Crippen MR) is 89.2 cm³/mol. The van der Waals surface area contributed by atoms with Gasteiger partial charge in [-0.3, -0.25) is 4.90 Å². The van der Waals surface area contributed by atoms with E-state index in [9.17, 15) is 0 Å². The molecule has 0 spiro atoms. The van der Waals surface area contributed by atoms with Crippen molar-refractivity contribution in [2.75, 3.05) is 13.1 Å². The van der Waals surface area contributed by atoms with Crippen LogP contribution in [-0.4, -0.2) is 30.1 Å². The molecule has 1 aliphatic carbocycles. The number of piperidine rings is 1. The van der Waals surface area contributed by atoms with Gasteiger partial charge in [-0.2, -0.15) is 0 Å². The first-order chi connectivity index (χ1) is 10.2. The molecule has 0 bridgehead atoms. The molecule has 21 heavy (non-hydrogen) atoms. The lowest BCUT2D eigenvalue weighted by molar-refractivity contribution is 0.0327. The molecule has 1 aromatic rings. The van der Waals surface area contributed by atoms with Gasteiger partial charge >= 0.3 is 0 Å². The summed E-state index contributed by atoms with van der Waals surface area (Å²) >= 11 is 0. The van der Waals surface area contributed by atoms with E-state index in [4.69, 9.17) is 0 Å². The van der Waals surface area contributed by atoms with Crippen molar-refractivity contribution in [3.8, 4) is 0 Å². The van der Waals surface area contributed by atoms with Gasteiger partial charge in [0.2, 0.25) is 0 Å².